The fourth-order valence-corrected chi connectivity index (χ4v) is 1.44. The maximum Gasteiger partial charge on any atom is 0.313 e. The largest absolute Gasteiger partial charge is 0.481 e. The highest BCUT2D eigenvalue weighted by molar-refractivity contribution is 5.76. The van der Waals surface area contributed by atoms with Crippen molar-refractivity contribution in [3.8, 4) is 0 Å². The number of hydrogen-bond donors (Lipinski definition) is 1. The highest BCUT2D eigenvalue weighted by Gasteiger charge is 2.40. The summed E-state index contributed by atoms with van der Waals surface area (Å²) < 4.78 is 5.14. The average molecular weight is 170 g/mol. The second-order valence-corrected chi connectivity index (χ2v) is 3.35. The Bertz CT molecular complexity index is 194. The molecule has 0 radical (unpaired) electrons. The Kier molecular flexibility index (Phi) is 2.52. The molecule has 0 aromatic heterocycles. The Hall–Kier alpha value is -0.830. The number of carboxylic acid groups (broad SMARTS) is 1. The summed E-state index contributed by atoms with van der Waals surface area (Å²) >= 11 is 0. The van der Waals surface area contributed by atoms with Crippen LogP contribution in [0.15, 0.2) is 12.7 Å². The van der Waals surface area contributed by atoms with Gasteiger partial charge in [-0.3, -0.25) is 4.79 Å². The van der Waals surface area contributed by atoms with Crippen molar-refractivity contribution in [3.05, 3.63) is 12.7 Å². The van der Waals surface area contributed by atoms with Crippen molar-refractivity contribution in [2.24, 2.45) is 11.3 Å². The summed E-state index contributed by atoms with van der Waals surface area (Å²) in [6.07, 6.45) is 2.32. The fourth-order valence-electron chi connectivity index (χ4n) is 1.44. The molecule has 0 amide bonds. The average Bonchev–Trinajstić information content (AvgIpc) is 2.54. The number of carboxylic acids is 1. The number of ether oxygens (including phenoxy) is 1. The molecule has 3 heteroatoms. The van der Waals surface area contributed by atoms with E-state index in [1.54, 1.807) is 6.92 Å². The van der Waals surface area contributed by atoms with E-state index in [-0.39, 0.29) is 5.92 Å². The van der Waals surface area contributed by atoms with E-state index in [4.69, 9.17) is 9.84 Å². The zero-order chi connectivity index (χ0) is 9.19. The molecule has 1 rings (SSSR count). The van der Waals surface area contributed by atoms with Crippen molar-refractivity contribution in [1.82, 2.24) is 0 Å². The molecule has 1 heterocycles. The molecule has 12 heavy (non-hydrogen) atoms. The van der Waals surface area contributed by atoms with Gasteiger partial charge in [-0.05, 0) is 13.3 Å². The molecular weight excluding hydrogens is 156 g/mol. The molecule has 3 nitrogen and oxygen atoms in total. The van der Waals surface area contributed by atoms with Crippen molar-refractivity contribution >= 4 is 5.97 Å². The van der Waals surface area contributed by atoms with Gasteiger partial charge in [-0.2, -0.15) is 0 Å². The SMILES string of the molecule is C=CC(C)(C(=O)O)C1CCOC1. The summed E-state index contributed by atoms with van der Waals surface area (Å²) in [7, 11) is 0. The predicted molar refractivity (Wildman–Crippen MR) is 44.9 cm³/mol. The minimum atomic E-state index is -0.823. The highest BCUT2D eigenvalue weighted by atomic mass is 16.5. The molecule has 68 valence electrons. The van der Waals surface area contributed by atoms with E-state index in [0.717, 1.165) is 6.42 Å². The molecule has 2 unspecified atom stereocenters. The first-order chi connectivity index (χ1) is 5.61. The fraction of sp³-hybridized carbons (Fsp3) is 0.667. The summed E-state index contributed by atoms with van der Waals surface area (Å²) in [5, 5.41) is 8.97. The van der Waals surface area contributed by atoms with E-state index in [1.165, 1.54) is 6.08 Å². The number of hydrogen-bond acceptors (Lipinski definition) is 2. The minimum Gasteiger partial charge on any atom is -0.481 e. The third-order valence-electron chi connectivity index (χ3n) is 2.66. The van der Waals surface area contributed by atoms with Gasteiger partial charge in [-0.25, -0.2) is 0 Å². The van der Waals surface area contributed by atoms with Crippen LogP contribution in [0.1, 0.15) is 13.3 Å². The quantitative estimate of drug-likeness (QED) is 0.649. The molecule has 1 saturated heterocycles. The van der Waals surface area contributed by atoms with Crippen molar-refractivity contribution in [3.63, 3.8) is 0 Å². The van der Waals surface area contributed by atoms with Crippen molar-refractivity contribution in [2.45, 2.75) is 13.3 Å². The molecule has 0 saturated carbocycles. The second kappa shape index (κ2) is 3.27. The second-order valence-electron chi connectivity index (χ2n) is 3.35. The summed E-state index contributed by atoms with van der Waals surface area (Å²) in [6.45, 7) is 6.46. The molecule has 1 aliphatic rings. The van der Waals surface area contributed by atoms with Gasteiger partial charge < -0.3 is 9.84 Å². The maximum absolute atomic E-state index is 10.9. The van der Waals surface area contributed by atoms with E-state index in [9.17, 15) is 4.79 Å². The van der Waals surface area contributed by atoms with Crippen molar-refractivity contribution in [2.75, 3.05) is 13.2 Å². The van der Waals surface area contributed by atoms with Gasteiger partial charge in [0.15, 0.2) is 0 Å². The number of rotatable bonds is 3. The summed E-state index contributed by atoms with van der Waals surface area (Å²) in [4.78, 5) is 10.9. The third kappa shape index (κ3) is 1.37. The topological polar surface area (TPSA) is 46.5 Å². The van der Waals surface area contributed by atoms with Crippen LogP contribution in [0.3, 0.4) is 0 Å². The lowest BCUT2D eigenvalue weighted by atomic mass is 9.77. The van der Waals surface area contributed by atoms with E-state index in [0.29, 0.717) is 13.2 Å². The van der Waals surface area contributed by atoms with Crippen LogP contribution in [0.4, 0.5) is 0 Å². The first-order valence-corrected chi connectivity index (χ1v) is 4.06. The Morgan fingerprint density at radius 3 is 2.83 bits per heavy atom. The monoisotopic (exact) mass is 170 g/mol. The molecule has 1 fully saturated rings. The normalized spacial score (nSPS) is 27.9. The molecule has 0 aromatic carbocycles. The van der Waals surface area contributed by atoms with Gasteiger partial charge in [-0.1, -0.05) is 6.08 Å². The molecule has 1 N–H and O–H groups in total. The molecular formula is C9H14O3. The Morgan fingerprint density at radius 1 is 1.83 bits per heavy atom. The predicted octanol–water partition coefficient (Wildman–Crippen LogP) is 1.30. The molecule has 1 aliphatic heterocycles. The van der Waals surface area contributed by atoms with E-state index in [1.807, 2.05) is 0 Å². The zero-order valence-corrected chi connectivity index (χ0v) is 7.25. The molecule has 0 bridgehead atoms. The Labute approximate surface area is 72.0 Å². The molecule has 0 spiro atoms. The van der Waals surface area contributed by atoms with Crippen LogP contribution in [0.5, 0.6) is 0 Å². The Morgan fingerprint density at radius 2 is 2.50 bits per heavy atom. The van der Waals surface area contributed by atoms with Gasteiger partial charge in [0.2, 0.25) is 0 Å². The van der Waals surface area contributed by atoms with Crippen molar-refractivity contribution < 1.29 is 14.6 Å². The van der Waals surface area contributed by atoms with Crippen LogP contribution >= 0.6 is 0 Å². The maximum atomic E-state index is 10.9. The van der Waals surface area contributed by atoms with Gasteiger partial charge in [0.05, 0.1) is 12.0 Å². The van der Waals surface area contributed by atoms with Crippen molar-refractivity contribution in [1.29, 1.82) is 0 Å². The minimum absolute atomic E-state index is 0.0764. The zero-order valence-electron chi connectivity index (χ0n) is 7.25. The lowest BCUT2D eigenvalue weighted by Crippen LogP contribution is -2.34. The van der Waals surface area contributed by atoms with E-state index < -0.39 is 11.4 Å². The van der Waals surface area contributed by atoms with Crippen LogP contribution in [-0.4, -0.2) is 24.3 Å². The lowest BCUT2D eigenvalue weighted by molar-refractivity contribution is -0.147. The summed E-state index contributed by atoms with van der Waals surface area (Å²) in [6, 6.07) is 0. The number of carbonyl (C=O) groups is 1. The highest BCUT2D eigenvalue weighted by Crippen LogP contribution is 2.34. The van der Waals surface area contributed by atoms with Gasteiger partial charge in [0.25, 0.3) is 0 Å². The molecule has 0 aliphatic carbocycles. The van der Waals surface area contributed by atoms with E-state index >= 15 is 0 Å². The van der Waals surface area contributed by atoms with Gasteiger partial charge >= 0.3 is 5.97 Å². The van der Waals surface area contributed by atoms with Gasteiger partial charge in [0, 0.05) is 12.5 Å². The molecule has 2 atom stereocenters. The first kappa shape index (κ1) is 9.26. The van der Waals surface area contributed by atoms with Gasteiger partial charge in [0.1, 0.15) is 0 Å². The smallest absolute Gasteiger partial charge is 0.313 e. The van der Waals surface area contributed by atoms with E-state index in [2.05, 4.69) is 6.58 Å². The van der Waals surface area contributed by atoms with Crippen LogP contribution < -0.4 is 0 Å². The molecule has 0 aromatic rings. The summed E-state index contributed by atoms with van der Waals surface area (Å²) in [5.41, 5.74) is -0.823. The van der Waals surface area contributed by atoms with Crippen LogP contribution in [0.25, 0.3) is 0 Å². The lowest BCUT2D eigenvalue weighted by Gasteiger charge is -2.26. The van der Waals surface area contributed by atoms with Gasteiger partial charge in [-0.15, -0.1) is 6.58 Å². The third-order valence-corrected chi connectivity index (χ3v) is 2.66. The van der Waals surface area contributed by atoms with Crippen LogP contribution in [-0.2, 0) is 9.53 Å². The van der Waals surface area contributed by atoms with Crippen LogP contribution in [0, 0.1) is 11.3 Å². The first-order valence-electron chi connectivity index (χ1n) is 4.06. The standard InChI is InChI=1S/C9H14O3/c1-3-9(2,8(10)11)7-4-5-12-6-7/h3,7H,1,4-6H2,2H3,(H,10,11). The Balaban J connectivity index is 2.77. The number of aliphatic carboxylic acids is 1. The summed E-state index contributed by atoms with van der Waals surface area (Å²) in [5.74, 6) is -0.736. The van der Waals surface area contributed by atoms with Crippen LogP contribution in [0.2, 0.25) is 0 Å².